The average Bonchev–Trinajstić information content (AvgIpc) is 3.16. The largest absolute Gasteiger partial charge is 0.378 e. The van der Waals surface area contributed by atoms with Crippen molar-refractivity contribution < 1.29 is 9.53 Å². The number of rotatable bonds is 4. The average molecular weight is 436 g/mol. The number of pyridine rings is 1. The molecule has 1 spiro atoms. The van der Waals surface area contributed by atoms with Gasteiger partial charge in [-0.3, -0.25) is 9.80 Å². The number of amides is 2. The first kappa shape index (κ1) is 21.2. The van der Waals surface area contributed by atoms with E-state index in [1.807, 2.05) is 23.2 Å². The Bertz CT molecular complexity index is 933. The lowest BCUT2D eigenvalue weighted by atomic mass is 9.69. The molecule has 0 bridgehead atoms. The first-order chi connectivity index (χ1) is 15.5. The molecule has 1 aromatic heterocycles. The highest BCUT2D eigenvalue weighted by Gasteiger charge is 2.50. The first-order valence-electron chi connectivity index (χ1n) is 11.6. The van der Waals surface area contributed by atoms with E-state index >= 15 is 0 Å². The Balaban J connectivity index is 1.30. The van der Waals surface area contributed by atoms with E-state index in [4.69, 9.17) is 4.74 Å². The van der Waals surface area contributed by atoms with Crippen molar-refractivity contribution in [3.05, 3.63) is 54.2 Å². The van der Waals surface area contributed by atoms with Gasteiger partial charge in [-0.2, -0.15) is 0 Å². The molecule has 2 aromatic rings. The molecule has 3 aliphatic rings. The van der Waals surface area contributed by atoms with Crippen LogP contribution in [0.1, 0.15) is 31.2 Å². The van der Waals surface area contributed by atoms with Crippen molar-refractivity contribution in [3.63, 3.8) is 0 Å². The van der Waals surface area contributed by atoms with Crippen LogP contribution >= 0.6 is 0 Å². The number of ether oxygens (including phenoxy) is 1. The summed E-state index contributed by atoms with van der Waals surface area (Å²) in [7, 11) is 4.35. The van der Waals surface area contributed by atoms with Crippen LogP contribution in [0.25, 0.3) is 0 Å². The van der Waals surface area contributed by atoms with Gasteiger partial charge in [-0.25, -0.2) is 9.78 Å². The maximum atomic E-state index is 12.9. The Morgan fingerprint density at radius 3 is 2.34 bits per heavy atom. The zero-order valence-electron chi connectivity index (χ0n) is 19.1. The van der Waals surface area contributed by atoms with Crippen molar-refractivity contribution in [1.29, 1.82) is 0 Å². The third-order valence-corrected chi connectivity index (χ3v) is 7.66. The Labute approximate surface area is 190 Å². The fourth-order valence-electron chi connectivity index (χ4n) is 5.60. The Hall–Kier alpha value is -2.64. The summed E-state index contributed by atoms with van der Waals surface area (Å²) in [5.41, 5.74) is 2.08. The number of urea groups is 1. The summed E-state index contributed by atoms with van der Waals surface area (Å²) in [6.07, 6.45) is 5.79. The van der Waals surface area contributed by atoms with E-state index < -0.39 is 0 Å². The lowest BCUT2D eigenvalue weighted by Gasteiger charge is -2.48. The lowest BCUT2D eigenvalue weighted by molar-refractivity contribution is 0.0658. The summed E-state index contributed by atoms with van der Waals surface area (Å²) in [5, 5.41) is 3.34. The van der Waals surface area contributed by atoms with E-state index in [9.17, 15) is 4.79 Å². The molecule has 2 amide bonds. The first-order valence-corrected chi connectivity index (χ1v) is 11.6. The highest BCUT2D eigenvalue weighted by molar-refractivity contribution is 5.95. The van der Waals surface area contributed by atoms with Gasteiger partial charge >= 0.3 is 6.03 Å². The molecule has 0 unspecified atom stereocenters. The molecule has 1 saturated carbocycles. The van der Waals surface area contributed by atoms with Gasteiger partial charge in [0, 0.05) is 18.6 Å². The highest BCUT2D eigenvalue weighted by Crippen LogP contribution is 2.46. The van der Waals surface area contributed by atoms with Gasteiger partial charge in [-0.15, -0.1) is 0 Å². The number of morpholine rings is 1. The topological polar surface area (TPSA) is 60.9 Å². The molecule has 170 valence electrons. The number of nitrogens with one attached hydrogen (secondary N) is 1. The predicted octanol–water partition coefficient (Wildman–Crippen LogP) is 3.22. The van der Waals surface area contributed by atoms with Gasteiger partial charge in [0.15, 0.2) is 0 Å². The quantitative estimate of drug-likeness (QED) is 0.799. The van der Waals surface area contributed by atoms with E-state index in [0.29, 0.717) is 6.54 Å². The molecule has 2 saturated heterocycles. The number of anilines is 2. The minimum Gasteiger partial charge on any atom is -0.378 e. The third-order valence-electron chi connectivity index (χ3n) is 7.66. The summed E-state index contributed by atoms with van der Waals surface area (Å²) in [4.78, 5) is 24.0. The van der Waals surface area contributed by atoms with E-state index in [0.717, 1.165) is 63.5 Å². The summed E-state index contributed by atoms with van der Waals surface area (Å²) < 4.78 is 5.43. The number of nitrogens with zero attached hydrogens (tertiary/aromatic N) is 4. The number of carbonyl (C=O) groups is 1. The van der Waals surface area contributed by atoms with Crippen molar-refractivity contribution in [1.82, 2.24) is 15.2 Å². The van der Waals surface area contributed by atoms with E-state index in [1.165, 1.54) is 5.56 Å². The van der Waals surface area contributed by atoms with Gasteiger partial charge in [-0.05, 0) is 57.5 Å². The van der Waals surface area contributed by atoms with Gasteiger partial charge in [0.25, 0.3) is 0 Å². The summed E-state index contributed by atoms with van der Waals surface area (Å²) in [6.45, 7) is 3.88. The van der Waals surface area contributed by atoms with Crippen LogP contribution in [0.5, 0.6) is 0 Å². The zero-order chi connectivity index (χ0) is 22.2. The Morgan fingerprint density at radius 1 is 1.00 bits per heavy atom. The van der Waals surface area contributed by atoms with Gasteiger partial charge < -0.3 is 15.0 Å². The molecule has 32 heavy (non-hydrogen) atoms. The van der Waals surface area contributed by atoms with Crippen molar-refractivity contribution in [2.24, 2.45) is 0 Å². The fraction of sp³-hybridized carbons (Fsp3) is 0.520. The minimum absolute atomic E-state index is 0.0111. The molecule has 7 nitrogen and oxygen atoms in total. The smallest absolute Gasteiger partial charge is 0.322 e. The van der Waals surface area contributed by atoms with Crippen molar-refractivity contribution in [2.75, 3.05) is 56.7 Å². The predicted molar refractivity (Wildman–Crippen MR) is 126 cm³/mol. The SMILES string of the molecule is CN(C)[C@]1(c2ccccc2)CC[C@@]2(CC1)CN(c1ccc(N3CCOCC3)nc1)C(=O)N2. The molecule has 1 aliphatic carbocycles. The molecule has 3 fully saturated rings. The normalized spacial score (nSPS) is 28.4. The van der Waals surface area contributed by atoms with Crippen LogP contribution in [0.3, 0.4) is 0 Å². The van der Waals surface area contributed by atoms with E-state index in [-0.39, 0.29) is 17.1 Å². The molecule has 2 aliphatic heterocycles. The van der Waals surface area contributed by atoms with Crippen LogP contribution in [0, 0.1) is 0 Å². The van der Waals surface area contributed by atoms with Crippen LogP contribution in [0.4, 0.5) is 16.3 Å². The molecule has 0 atom stereocenters. The molecule has 5 rings (SSSR count). The summed E-state index contributed by atoms with van der Waals surface area (Å²) in [5.74, 6) is 0.947. The molecule has 7 heteroatoms. The molecule has 0 radical (unpaired) electrons. The van der Waals surface area contributed by atoms with Crippen molar-refractivity contribution in [2.45, 2.75) is 36.8 Å². The van der Waals surface area contributed by atoms with Gasteiger partial charge in [0.1, 0.15) is 5.82 Å². The van der Waals surface area contributed by atoms with Crippen LogP contribution in [0.15, 0.2) is 48.7 Å². The molecule has 1 aromatic carbocycles. The molecular formula is C25H33N5O2. The standard InChI is InChI=1S/C25H33N5O2/c1-28(2)25(20-6-4-3-5-7-20)12-10-24(11-13-25)19-30(23(31)27-24)21-8-9-22(26-18-21)29-14-16-32-17-15-29/h3-9,18H,10-17,19H2,1-2H3,(H,27,31)/t24-,25-. The maximum Gasteiger partial charge on any atom is 0.322 e. The zero-order valence-corrected chi connectivity index (χ0v) is 19.1. The highest BCUT2D eigenvalue weighted by atomic mass is 16.5. The number of aromatic nitrogens is 1. The summed E-state index contributed by atoms with van der Waals surface area (Å²) in [6, 6.07) is 14.8. The number of hydrogen-bond donors (Lipinski definition) is 1. The Kier molecular flexibility index (Phi) is 5.55. The molecule has 3 heterocycles. The third kappa shape index (κ3) is 3.73. The lowest BCUT2D eigenvalue weighted by Crippen LogP contribution is -2.54. The van der Waals surface area contributed by atoms with E-state index in [1.54, 1.807) is 0 Å². The van der Waals surface area contributed by atoms with E-state index in [2.05, 4.69) is 64.5 Å². The van der Waals surface area contributed by atoms with Crippen LogP contribution in [-0.4, -0.2) is 68.4 Å². The summed E-state index contributed by atoms with van der Waals surface area (Å²) >= 11 is 0. The van der Waals surface area contributed by atoms with Gasteiger partial charge in [0.05, 0.1) is 37.2 Å². The molecular weight excluding hydrogens is 402 g/mol. The van der Waals surface area contributed by atoms with Crippen LogP contribution in [-0.2, 0) is 10.3 Å². The number of carbonyl (C=O) groups excluding carboxylic acids is 1. The second-order valence-electron chi connectivity index (χ2n) is 9.56. The van der Waals surface area contributed by atoms with Crippen LogP contribution < -0.4 is 15.1 Å². The van der Waals surface area contributed by atoms with Crippen molar-refractivity contribution in [3.8, 4) is 0 Å². The van der Waals surface area contributed by atoms with Crippen LogP contribution in [0.2, 0.25) is 0 Å². The fourth-order valence-corrected chi connectivity index (χ4v) is 5.60. The minimum atomic E-state index is -0.172. The van der Waals surface area contributed by atoms with Gasteiger partial charge in [0.2, 0.25) is 0 Å². The monoisotopic (exact) mass is 435 g/mol. The second kappa shape index (κ2) is 8.37. The molecule has 1 N–H and O–H groups in total. The number of benzene rings is 1. The number of hydrogen-bond acceptors (Lipinski definition) is 5. The van der Waals surface area contributed by atoms with Crippen molar-refractivity contribution >= 4 is 17.5 Å². The van der Waals surface area contributed by atoms with Gasteiger partial charge in [-0.1, -0.05) is 30.3 Å². The Morgan fingerprint density at radius 2 is 1.72 bits per heavy atom. The second-order valence-corrected chi connectivity index (χ2v) is 9.56. The maximum absolute atomic E-state index is 12.9.